The van der Waals surface area contributed by atoms with E-state index in [2.05, 4.69) is 29.6 Å². The molecule has 0 unspecified atom stereocenters. The second kappa shape index (κ2) is 27.9. The van der Waals surface area contributed by atoms with Gasteiger partial charge in [-0.25, -0.2) is 14.0 Å². The van der Waals surface area contributed by atoms with E-state index in [4.69, 9.17) is 28.4 Å². The van der Waals surface area contributed by atoms with Crippen molar-refractivity contribution in [3.8, 4) is 22.6 Å². The van der Waals surface area contributed by atoms with Crippen molar-refractivity contribution in [2.45, 2.75) is 142 Å². The summed E-state index contributed by atoms with van der Waals surface area (Å²) in [5.74, 6) is -3.96. The molecule has 1 aliphatic heterocycles. The number of piperidine rings is 1. The van der Waals surface area contributed by atoms with Crippen LogP contribution >= 0.6 is 0 Å². The molecule has 3 aliphatic rings. The van der Waals surface area contributed by atoms with Gasteiger partial charge in [0, 0.05) is 70.7 Å². The fourth-order valence-electron chi connectivity index (χ4n) is 12.7. The highest BCUT2D eigenvalue weighted by Gasteiger charge is 2.57. The third-order valence-corrected chi connectivity index (χ3v) is 17.5. The van der Waals surface area contributed by atoms with Crippen molar-refractivity contribution >= 4 is 35.6 Å². The van der Waals surface area contributed by atoms with Crippen molar-refractivity contribution in [2.75, 3.05) is 49.1 Å². The van der Waals surface area contributed by atoms with Crippen LogP contribution in [0.3, 0.4) is 0 Å². The lowest BCUT2D eigenvalue weighted by Crippen LogP contribution is -2.55. The number of ether oxygens (including phenoxy) is 6. The van der Waals surface area contributed by atoms with E-state index in [1.165, 1.54) is 45.5 Å². The Balaban J connectivity index is 1.02. The summed E-state index contributed by atoms with van der Waals surface area (Å²) in [6, 6.07) is 23.9. The van der Waals surface area contributed by atoms with Crippen molar-refractivity contribution in [1.29, 1.82) is 0 Å². The van der Waals surface area contributed by atoms with Crippen molar-refractivity contribution in [2.24, 2.45) is 35.5 Å². The molecular weight excluding hydrogens is 1050 g/mol. The first-order valence-electron chi connectivity index (χ1n) is 28.8. The summed E-state index contributed by atoms with van der Waals surface area (Å²) in [6.07, 6.45) is -0.561. The van der Waals surface area contributed by atoms with Gasteiger partial charge in [0.1, 0.15) is 36.6 Å². The number of carbonyl (C=O) groups excluding carboxylic acids is 6. The van der Waals surface area contributed by atoms with Crippen LogP contribution in [0.2, 0.25) is 0 Å². The van der Waals surface area contributed by atoms with E-state index in [0.29, 0.717) is 29.9 Å². The Labute approximate surface area is 483 Å². The van der Waals surface area contributed by atoms with Gasteiger partial charge in [0.15, 0.2) is 5.78 Å². The monoisotopic (exact) mass is 1130 g/mol. The molecule has 17 heteroatoms. The van der Waals surface area contributed by atoms with Crippen LogP contribution < -0.4 is 14.8 Å². The van der Waals surface area contributed by atoms with Gasteiger partial charge in [-0.05, 0) is 82.5 Å². The normalized spacial score (nSPS) is 19.1. The smallest absolute Gasteiger partial charge is 0.410 e. The highest BCUT2D eigenvalue weighted by atomic mass is 19.1. The summed E-state index contributed by atoms with van der Waals surface area (Å²) in [4.78, 5) is 91.4. The number of carbonyl (C=O) groups is 6. The Morgan fingerprint density at radius 2 is 1.38 bits per heavy atom. The predicted octanol–water partition coefficient (Wildman–Crippen LogP) is 9.67. The van der Waals surface area contributed by atoms with E-state index in [0.717, 1.165) is 28.7 Å². The number of fused-ring (bicyclic) bond motifs is 4. The van der Waals surface area contributed by atoms with Crippen LogP contribution in [0.15, 0.2) is 91.0 Å². The number of Topliss-reactive ketones (excluding diaryl/α,β-unsaturated/α-hetero) is 1. The van der Waals surface area contributed by atoms with Gasteiger partial charge >= 0.3 is 12.1 Å². The minimum atomic E-state index is -1.29. The summed E-state index contributed by atoms with van der Waals surface area (Å²) in [5, 5.41) is 2.83. The van der Waals surface area contributed by atoms with Crippen LogP contribution in [0.4, 0.5) is 9.18 Å². The number of nitrogens with one attached hydrogen (secondary N) is 1. The number of esters is 1. The molecule has 4 aromatic carbocycles. The van der Waals surface area contributed by atoms with E-state index < -0.39 is 72.0 Å². The van der Waals surface area contributed by atoms with E-state index in [9.17, 15) is 28.8 Å². The number of halogens is 1. The number of benzene rings is 4. The molecule has 82 heavy (non-hydrogen) atoms. The minimum absolute atomic E-state index is 0.0823. The second-order valence-corrected chi connectivity index (χ2v) is 23.2. The highest BCUT2D eigenvalue weighted by Crippen LogP contribution is 2.50. The molecule has 1 N–H and O–H groups in total. The van der Waals surface area contributed by atoms with E-state index >= 15 is 4.39 Å². The number of ketones is 1. The molecule has 16 nitrogen and oxygen atoms in total. The van der Waals surface area contributed by atoms with Crippen LogP contribution in [0, 0.1) is 41.3 Å². The number of methoxy groups -OCH3 is 4. The lowest BCUT2D eigenvalue weighted by Gasteiger charge is -2.41. The molecule has 11 atom stereocenters. The fraction of sp³-hybridized carbons (Fsp3) is 0.538. The lowest BCUT2D eigenvalue weighted by molar-refractivity contribution is -0.151. The lowest BCUT2D eigenvalue weighted by atomic mass is 9.83. The van der Waals surface area contributed by atoms with Gasteiger partial charge in [-0.1, -0.05) is 122 Å². The molecule has 0 radical (unpaired) electrons. The molecule has 0 bridgehead atoms. The highest BCUT2D eigenvalue weighted by molar-refractivity contribution is 5.92. The average Bonchev–Trinajstić information content (AvgIpc) is 2.77. The van der Waals surface area contributed by atoms with Gasteiger partial charge in [-0.15, -0.1) is 0 Å². The summed E-state index contributed by atoms with van der Waals surface area (Å²) in [7, 11) is 9.31. The SMILES string of the molecule is CC[C@H](C)[C@@H]([C@@H](CC(=O)N1[C@H]2C[C@H]2C[C@H]1[C@H](OC)[C@@H](C)C(=O)N[C@@H](Cc1ccccc1F)C(=O)OCc1ccc(OC)cc1OC)OC)N(C)C(=O)[C@@H](CC(=O)[C@H](C(C)C)N(C)C(=O)OCC1c2ccccc2-c2ccccc21)C(C)C. The third-order valence-electron chi connectivity index (χ3n) is 17.5. The zero-order valence-corrected chi connectivity index (χ0v) is 50.0. The van der Waals surface area contributed by atoms with Crippen LogP contribution in [-0.4, -0.2) is 142 Å². The maximum absolute atomic E-state index is 15.1. The Morgan fingerprint density at radius 3 is 1.96 bits per heavy atom. The van der Waals surface area contributed by atoms with Crippen LogP contribution in [-0.2, 0) is 55.9 Å². The molecular formula is C65H85FN4O12. The van der Waals surface area contributed by atoms with Crippen molar-refractivity contribution in [3.05, 3.63) is 119 Å². The molecule has 4 aromatic rings. The molecule has 1 heterocycles. The first-order valence-corrected chi connectivity index (χ1v) is 28.8. The van der Waals surface area contributed by atoms with Gasteiger partial charge in [0.25, 0.3) is 0 Å². The number of nitrogens with zero attached hydrogens (tertiary/aromatic N) is 3. The number of hydrogen-bond acceptors (Lipinski definition) is 12. The van der Waals surface area contributed by atoms with Crippen molar-refractivity contribution < 1.29 is 61.6 Å². The minimum Gasteiger partial charge on any atom is -0.497 e. The summed E-state index contributed by atoms with van der Waals surface area (Å²) in [5.41, 5.74) is 5.13. The van der Waals surface area contributed by atoms with Gasteiger partial charge in [-0.3, -0.25) is 19.2 Å². The first kappa shape index (κ1) is 62.7. The zero-order chi connectivity index (χ0) is 59.7. The quantitative estimate of drug-likeness (QED) is 0.0533. The Hall–Kier alpha value is -6.85. The zero-order valence-electron chi connectivity index (χ0n) is 50.0. The van der Waals surface area contributed by atoms with Crippen LogP contribution in [0.1, 0.15) is 109 Å². The van der Waals surface area contributed by atoms with Gasteiger partial charge in [0.2, 0.25) is 17.7 Å². The van der Waals surface area contributed by atoms with Crippen molar-refractivity contribution in [3.63, 3.8) is 0 Å². The van der Waals surface area contributed by atoms with E-state index in [-0.39, 0.29) is 91.3 Å². The molecule has 1 saturated carbocycles. The molecule has 0 spiro atoms. The maximum atomic E-state index is 15.1. The summed E-state index contributed by atoms with van der Waals surface area (Å²) >= 11 is 0. The summed E-state index contributed by atoms with van der Waals surface area (Å²) in [6.45, 7) is 13.2. The standard InChI is InChI=1S/C65H85FN4O12/c1-14-39(6)60(68(8)63(74)49(37(2)3)33-55(71)59(38(4)5)69(9)65(76)82-36-50-47-24-18-16-22-45(47)46-23-17-19-25-48(46)50)57(79-12)34-58(72)70-53-30-43(53)31-54(70)61(80-13)40(7)62(73)67-52(29-41-21-15-20-26-51(41)66)64(75)81-35-42-27-28-44(77-10)32-56(42)78-11/h15-28,32,37-40,43,49-50,52-54,57,59-61H,14,29-31,33-36H2,1-13H3,(H,67,73)/t39-,40+,43-,49-,52-,53-,54-,57+,59-,60-,61+/m0/s1. The fourth-order valence-corrected chi connectivity index (χ4v) is 12.7. The van der Waals surface area contributed by atoms with Gasteiger partial charge in [-0.2, -0.15) is 0 Å². The maximum Gasteiger partial charge on any atom is 0.410 e. The number of hydrogen-bond donors (Lipinski definition) is 1. The molecule has 2 aliphatic carbocycles. The molecule has 1 saturated heterocycles. The molecule has 4 amide bonds. The number of amides is 4. The molecule has 2 fully saturated rings. The topological polar surface area (TPSA) is 180 Å². The van der Waals surface area contributed by atoms with E-state index in [1.807, 2.05) is 70.7 Å². The summed E-state index contributed by atoms with van der Waals surface area (Å²) < 4.78 is 49.9. The largest absolute Gasteiger partial charge is 0.497 e. The second-order valence-electron chi connectivity index (χ2n) is 23.2. The number of likely N-dealkylation sites (tertiary alicyclic amines) is 1. The first-order chi connectivity index (χ1) is 39.2. The average molecular weight is 1130 g/mol. The Morgan fingerprint density at radius 1 is 0.732 bits per heavy atom. The molecule has 0 aromatic heterocycles. The van der Waals surface area contributed by atoms with Crippen LogP contribution in [0.5, 0.6) is 11.5 Å². The third kappa shape index (κ3) is 14.0. The van der Waals surface area contributed by atoms with Crippen molar-refractivity contribution in [1.82, 2.24) is 20.0 Å². The van der Waals surface area contributed by atoms with Crippen LogP contribution in [0.25, 0.3) is 11.1 Å². The van der Waals surface area contributed by atoms with Gasteiger partial charge in [0.05, 0.1) is 56.9 Å². The Bertz CT molecular complexity index is 2850. The number of rotatable bonds is 28. The number of likely N-dealkylation sites (N-methyl/N-ethyl adjacent to an activating group) is 2. The molecule has 444 valence electrons. The Kier molecular flexibility index (Phi) is 21.4. The van der Waals surface area contributed by atoms with E-state index in [1.54, 1.807) is 56.3 Å². The predicted molar refractivity (Wildman–Crippen MR) is 309 cm³/mol. The van der Waals surface area contributed by atoms with Gasteiger partial charge < -0.3 is 48.4 Å². The molecule has 7 rings (SSSR count).